The number of hydrazone groups is 1. The van der Waals surface area contributed by atoms with E-state index < -0.39 is 0 Å². The van der Waals surface area contributed by atoms with Crippen molar-refractivity contribution in [2.45, 2.75) is 13.8 Å². The normalized spacial score (nSPS) is 11.2. The molecule has 0 saturated carbocycles. The number of benzene rings is 3. The molecule has 0 aliphatic carbocycles. The highest BCUT2D eigenvalue weighted by atomic mass is 16.5. The lowest BCUT2D eigenvalue weighted by Gasteiger charge is -2.10. The summed E-state index contributed by atoms with van der Waals surface area (Å²) in [6.45, 7) is 3.98. The van der Waals surface area contributed by atoms with Gasteiger partial charge in [0.15, 0.2) is 0 Å². The third kappa shape index (κ3) is 4.00. The van der Waals surface area contributed by atoms with Crippen molar-refractivity contribution in [3.63, 3.8) is 0 Å². The van der Waals surface area contributed by atoms with Gasteiger partial charge in [0.25, 0.3) is 5.91 Å². The van der Waals surface area contributed by atoms with Crippen LogP contribution in [0.5, 0.6) is 11.5 Å². The van der Waals surface area contributed by atoms with Gasteiger partial charge in [-0.3, -0.25) is 4.79 Å². The van der Waals surface area contributed by atoms with Gasteiger partial charge in [0.05, 0.1) is 18.9 Å². The molecule has 0 unspecified atom stereocenters. The van der Waals surface area contributed by atoms with Crippen LogP contribution >= 0.6 is 0 Å². The van der Waals surface area contributed by atoms with Crippen LogP contribution in [0.15, 0.2) is 71.8 Å². The second kappa shape index (κ2) is 8.36. The highest BCUT2D eigenvalue weighted by Gasteiger charge is 2.14. The van der Waals surface area contributed by atoms with E-state index in [1.807, 2.05) is 62.4 Å². The molecule has 1 amide bonds. The lowest BCUT2D eigenvalue weighted by atomic mass is 10.1. The number of nitrogens with zero attached hydrogens (tertiary/aromatic N) is 2. The fraction of sp³-hybridized carbons (Fsp3) is 0.120. The monoisotopic (exact) mass is 413 g/mol. The van der Waals surface area contributed by atoms with Gasteiger partial charge >= 0.3 is 0 Å². The maximum Gasteiger partial charge on any atom is 0.275 e. The van der Waals surface area contributed by atoms with Crippen molar-refractivity contribution in [1.82, 2.24) is 9.99 Å². The molecule has 6 nitrogen and oxygen atoms in total. The largest absolute Gasteiger partial charge is 0.508 e. The molecular weight excluding hydrogens is 390 g/mol. The summed E-state index contributed by atoms with van der Waals surface area (Å²) in [5.41, 5.74) is 6.85. The van der Waals surface area contributed by atoms with Crippen molar-refractivity contribution in [1.29, 1.82) is 0 Å². The predicted octanol–water partition coefficient (Wildman–Crippen LogP) is 4.73. The van der Waals surface area contributed by atoms with E-state index in [2.05, 4.69) is 15.1 Å². The molecule has 0 fully saturated rings. The van der Waals surface area contributed by atoms with Crippen LogP contribution in [0, 0.1) is 13.8 Å². The zero-order valence-corrected chi connectivity index (χ0v) is 17.6. The van der Waals surface area contributed by atoms with E-state index in [1.54, 1.807) is 31.5 Å². The van der Waals surface area contributed by atoms with E-state index in [9.17, 15) is 9.90 Å². The van der Waals surface area contributed by atoms with Crippen LogP contribution in [-0.4, -0.2) is 28.9 Å². The average molecular weight is 413 g/mol. The maximum absolute atomic E-state index is 12.7. The molecule has 156 valence electrons. The minimum Gasteiger partial charge on any atom is -0.508 e. The molecule has 3 aromatic carbocycles. The quantitative estimate of drug-likeness (QED) is 0.367. The summed E-state index contributed by atoms with van der Waals surface area (Å²) in [5.74, 6) is 0.378. The molecule has 31 heavy (non-hydrogen) atoms. The van der Waals surface area contributed by atoms with E-state index in [0.717, 1.165) is 33.4 Å². The summed E-state index contributed by atoms with van der Waals surface area (Å²) >= 11 is 0. The summed E-state index contributed by atoms with van der Waals surface area (Å²) in [4.78, 5) is 12.7. The van der Waals surface area contributed by atoms with Gasteiger partial charge < -0.3 is 14.4 Å². The third-order valence-corrected chi connectivity index (χ3v) is 5.26. The summed E-state index contributed by atoms with van der Waals surface area (Å²) in [7, 11) is 1.54. The summed E-state index contributed by atoms with van der Waals surface area (Å²) in [5, 5.41) is 15.6. The number of carbonyl (C=O) groups excluding carboxylic acids is 1. The van der Waals surface area contributed by atoms with Gasteiger partial charge in [-0.2, -0.15) is 5.10 Å². The Morgan fingerprint density at radius 1 is 1.03 bits per heavy atom. The van der Waals surface area contributed by atoms with Crippen LogP contribution in [-0.2, 0) is 0 Å². The van der Waals surface area contributed by atoms with Crippen molar-refractivity contribution in [3.05, 3.63) is 89.2 Å². The SMILES string of the molecule is COc1cc2ccccc2cc1C(=O)N/N=C\c1cc(C)n(-c2ccc(O)cc2)c1C. The molecule has 6 heteroatoms. The number of hydrogen-bond donors (Lipinski definition) is 2. The van der Waals surface area contributed by atoms with Gasteiger partial charge in [0, 0.05) is 22.6 Å². The molecule has 4 rings (SSSR count). The van der Waals surface area contributed by atoms with E-state index >= 15 is 0 Å². The maximum atomic E-state index is 12.7. The number of carbonyl (C=O) groups is 1. The Morgan fingerprint density at radius 3 is 2.39 bits per heavy atom. The number of aromatic nitrogens is 1. The standard InChI is InChI=1S/C25H23N3O3/c1-16-12-20(17(2)28(16)21-8-10-22(29)11-9-21)15-26-27-25(30)23-13-18-6-4-5-7-19(18)14-24(23)31-3/h4-15,29H,1-3H3,(H,27,30)/b26-15-. The highest BCUT2D eigenvalue weighted by Crippen LogP contribution is 2.26. The first-order valence-electron chi connectivity index (χ1n) is 9.86. The van der Waals surface area contributed by atoms with Crippen molar-refractivity contribution >= 4 is 22.9 Å². The zero-order valence-electron chi connectivity index (χ0n) is 17.6. The topological polar surface area (TPSA) is 75.8 Å². The number of phenolic OH excluding ortho intramolecular Hbond substituents is 1. The molecule has 4 aromatic rings. The van der Waals surface area contributed by atoms with Crippen LogP contribution < -0.4 is 10.2 Å². The molecule has 0 aliphatic heterocycles. The minimum absolute atomic E-state index is 0.222. The fourth-order valence-corrected chi connectivity index (χ4v) is 3.70. The van der Waals surface area contributed by atoms with Crippen LogP contribution in [0.3, 0.4) is 0 Å². The molecule has 0 atom stereocenters. The molecule has 0 spiro atoms. The van der Waals surface area contributed by atoms with E-state index in [1.165, 1.54) is 0 Å². The van der Waals surface area contributed by atoms with Gasteiger partial charge in [-0.15, -0.1) is 0 Å². The van der Waals surface area contributed by atoms with Gasteiger partial charge in [-0.1, -0.05) is 24.3 Å². The van der Waals surface area contributed by atoms with E-state index in [4.69, 9.17) is 4.74 Å². The summed E-state index contributed by atoms with van der Waals surface area (Å²) in [6.07, 6.45) is 1.63. The summed E-state index contributed by atoms with van der Waals surface area (Å²) in [6, 6.07) is 20.4. The number of aromatic hydroxyl groups is 1. The van der Waals surface area contributed by atoms with Gasteiger partial charge in [0.2, 0.25) is 0 Å². The molecule has 0 aliphatic rings. The van der Waals surface area contributed by atoms with Crippen LogP contribution in [0.4, 0.5) is 0 Å². The Hall–Kier alpha value is -4.06. The first-order valence-corrected chi connectivity index (χ1v) is 9.86. The summed E-state index contributed by atoms with van der Waals surface area (Å²) < 4.78 is 7.47. The smallest absolute Gasteiger partial charge is 0.275 e. The van der Waals surface area contributed by atoms with E-state index in [0.29, 0.717) is 11.3 Å². The van der Waals surface area contributed by atoms with E-state index in [-0.39, 0.29) is 11.7 Å². The van der Waals surface area contributed by atoms with Crippen molar-refractivity contribution in [3.8, 4) is 17.2 Å². The van der Waals surface area contributed by atoms with Crippen molar-refractivity contribution in [2.75, 3.05) is 7.11 Å². The Kier molecular flexibility index (Phi) is 5.45. The molecule has 1 aromatic heterocycles. The first kappa shape index (κ1) is 20.2. The van der Waals surface area contributed by atoms with Crippen molar-refractivity contribution in [2.24, 2.45) is 5.10 Å². The highest BCUT2D eigenvalue weighted by molar-refractivity contribution is 6.02. The molecule has 0 radical (unpaired) electrons. The van der Waals surface area contributed by atoms with Crippen LogP contribution in [0.25, 0.3) is 16.5 Å². The Morgan fingerprint density at radius 2 is 1.71 bits per heavy atom. The second-order valence-electron chi connectivity index (χ2n) is 7.28. The minimum atomic E-state index is -0.341. The molecule has 0 bridgehead atoms. The number of nitrogens with one attached hydrogen (secondary N) is 1. The molecule has 2 N–H and O–H groups in total. The first-order chi connectivity index (χ1) is 15.0. The third-order valence-electron chi connectivity index (χ3n) is 5.26. The van der Waals surface area contributed by atoms with Crippen LogP contribution in [0.1, 0.15) is 27.3 Å². The lowest BCUT2D eigenvalue weighted by molar-refractivity contribution is 0.0952. The predicted molar refractivity (Wildman–Crippen MR) is 122 cm³/mol. The number of fused-ring (bicyclic) bond motifs is 1. The number of methoxy groups -OCH3 is 1. The zero-order chi connectivity index (χ0) is 22.0. The number of phenols is 1. The van der Waals surface area contributed by atoms with Gasteiger partial charge in [-0.25, -0.2) is 5.43 Å². The number of amides is 1. The molecular formula is C25H23N3O3. The average Bonchev–Trinajstić information content (AvgIpc) is 3.06. The van der Waals surface area contributed by atoms with Gasteiger partial charge in [-0.05, 0) is 67.1 Å². The Bertz CT molecular complexity index is 1290. The second-order valence-corrected chi connectivity index (χ2v) is 7.28. The van der Waals surface area contributed by atoms with Gasteiger partial charge in [0.1, 0.15) is 11.5 Å². The Labute approximate surface area is 180 Å². The number of aryl methyl sites for hydroxylation is 1. The Balaban J connectivity index is 1.57. The fourth-order valence-electron chi connectivity index (χ4n) is 3.70. The molecule has 1 heterocycles. The number of ether oxygens (including phenoxy) is 1. The lowest BCUT2D eigenvalue weighted by Crippen LogP contribution is -2.18. The number of hydrogen-bond acceptors (Lipinski definition) is 4. The van der Waals surface area contributed by atoms with Crippen LogP contribution in [0.2, 0.25) is 0 Å². The molecule has 0 saturated heterocycles. The number of rotatable bonds is 5. The van der Waals surface area contributed by atoms with Crippen molar-refractivity contribution < 1.29 is 14.6 Å².